The molecule has 2 heterocycles. The van der Waals surface area contributed by atoms with Crippen molar-refractivity contribution in [3.05, 3.63) is 0 Å². The van der Waals surface area contributed by atoms with Crippen LogP contribution in [0.3, 0.4) is 0 Å². The lowest BCUT2D eigenvalue weighted by molar-refractivity contribution is 0.0793. The van der Waals surface area contributed by atoms with Crippen LogP contribution in [0.15, 0.2) is 4.99 Å². The number of likely N-dealkylation sites (tertiary alicyclic amines) is 1. The molecule has 2 saturated heterocycles. The van der Waals surface area contributed by atoms with Crippen LogP contribution >= 0.6 is 35.7 Å². The molecule has 3 aliphatic rings. The van der Waals surface area contributed by atoms with E-state index in [9.17, 15) is 0 Å². The van der Waals surface area contributed by atoms with Gasteiger partial charge in [-0.25, -0.2) is 0 Å². The minimum absolute atomic E-state index is 0. The molecule has 1 spiro atoms. The number of halogens is 1. The van der Waals surface area contributed by atoms with Crippen LogP contribution < -0.4 is 5.32 Å². The van der Waals surface area contributed by atoms with Gasteiger partial charge >= 0.3 is 0 Å². The highest BCUT2D eigenvalue weighted by Crippen LogP contribution is 2.43. The number of rotatable bonds is 4. The largest absolute Gasteiger partial charge is 0.381 e. The molecule has 3 fully saturated rings. The molecule has 0 amide bonds. The van der Waals surface area contributed by atoms with Crippen LogP contribution in [0, 0.1) is 5.41 Å². The molecule has 25 heavy (non-hydrogen) atoms. The van der Waals surface area contributed by atoms with Gasteiger partial charge < -0.3 is 15.0 Å². The highest BCUT2D eigenvalue weighted by Gasteiger charge is 2.40. The molecule has 1 aliphatic carbocycles. The third kappa shape index (κ3) is 5.41. The SMILES string of the molecule is CCNC(=NCC1(SC)CCOCC1)N1CCC2(CCCCC2)C1.I. The summed E-state index contributed by atoms with van der Waals surface area (Å²) in [6.07, 6.45) is 13.0. The molecular formula is C19H36IN3OS. The topological polar surface area (TPSA) is 36.9 Å². The summed E-state index contributed by atoms with van der Waals surface area (Å²) in [6, 6.07) is 0. The number of ether oxygens (including phenoxy) is 1. The van der Waals surface area contributed by atoms with E-state index in [1.54, 1.807) is 0 Å². The molecule has 0 atom stereocenters. The summed E-state index contributed by atoms with van der Waals surface area (Å²) in [6.45, 7) is 8.23. The summed E-state index contributed by atoms with van der Waals surface area (Å²) in [4.78, 5) is 7.64. The second kappa shape index (κ2) is 10.0. The number of hydrogen-bond acceptors (Lipinski definition) is 3. The van der Waals surface area contributed by atoms with Gasteiger partial charge in [0, 0.05) is 37.6 Å². The summed E-state index contributed by atoms with van der Waals surface area (Å²) in [5, 5.41) is 3.56. The van der Waals surface area contributed by atoms with Gasteiger partial charge in [-0.2, -0.15) is 11.8 Å². The fraction of sp³-hybridized carbons (Fsp3) is 0.947. The second-order valence-corrected chi connectivity index (χ2v) is 9.18. The highest BCUT2D eigenvalue weighted by atomic mass is 127. The van der Waals surface area contributed by atoms with Gasteiger partial charge in [0.1, 0.15) is 0 Å². The lowest BCUT2D eigenvalue weighted by Crippen LogP contribution is -2.43. The van der Waals surface area contributed by atoms with Crippen molar-refractivity contribution >= 4 is 41.7 Å². The summed E-state index contributed by atoms with van der Waals surface area (Å²) < 4.78 is 5.85. The van der Waals surface area contributed by atoms with Gasteiger partial charge in [-0.15, -0.1) is 24.0 Å². The molecule has 0 aromatic heterocycles. The average molecular weight is 481 g/mol. The van der Waals surface area contributed by atoms with Crippen molar-refractivity contribution in [2.45, 2.75) is 63.0 Å². The second-order valence-electron chi connectivity index (χ2n) is 7.90. The number of thioether (sulfide) groups is 1. The Labute approximate surface area is 175 Å². The van der Waals surface area contributed by atoms with Crippen LogP contribution in [-0.2, 0) is 4.74 Å². The third-order valence-electron chi connectivity index (χ3n) is 6.34. The molecule has 3 rings (SSSR count). The summed E-state index contributed by atoms with van der Waals surface area (Å²) in [5.74, 6) is 1.15. The van der Waals surface area contributed by atoms with Gasteiger partial charge in [0.25, 0.3) is 0 Å². The first-order chi connectivity index (χ1) is 11.7. The lowest BCUT2D eigenvalue weighted by atomic mass is 9.73. The Hall–Kier alpha value is 0.310. The van der Waals surface area contributed by atoms with Crippen molar-refractivity contribution in [1.82, 2.24) is 10.2 Å². The predicted octanol–water partition coefficient (Wildman–Crippen LogP) is 4.14. The fourth-order valence-corrected chi connectivity index (χ4v) is 5.41. The third-order valence-corrected chi connectivity index (χ3v) is 7.74. The van der Waals surface area contributed by atoms with Gasteiger partial charge in [-0.05, 0) is 50.7 Å². The van der Waals surface area contributed by atoms with E-state index < -0.39 is 0 Å². The Morgan fingerprint density at radius 1 is 1.12 bits per heavy atom. The minimum Gasteiger partial charge on any atom is -0.381 e. The fourth-order valence-electron chi connectivity index (χ4n) is 4.64. The molecule has 6 heteroatoms. The Morgan fingerprint density at radius 2 is 1.84 bits per heavy atom. The molecular weight excluding hydrogens is 445 g/mol. The smallest absolute Gasteiger partial charge is 0.193 e. The quantitative estimate of drug-likeness (QED) is 0.372. The first-order valence-corrected chi connectivity index (χ1v) is 11.1. The molecule has 0 radical (unpaired) electrons. The molecule has 0 bridgehead atoms. The van der Waals surface area contributed by atoms with E-state index in [1.165, 1.54) is 51.6 Å². The first-order valence-electron chi connectivity index (χ1n) is 9.87. The van der Waals surface area contributed by atoms with Crippen LogP contribution in [0.2, 0.25) is 0 Å². The zero-order valence-corrected chi connectivity index (χ0v) is 19.2. The summed E-state index contributed by atoms with van der Waals surface area (Å²) >= 11 is 1.98. The van der Waals surface area contributed by atoms with E-state index in [4.69, 9.17) is 9.73 Å². The van der Waals surface area contributed by atoms with E-state index in [-0.39, 0.29) is 28.7 Å². The standard InChI is InChI=1S/C19H35N3OS.HI/c1-3-20-17(21-15-19(24-2)10-13-23-14-11-19)22-12-9-18(16-22)7-5-4-6-8-18;/h3-16H2,1-2H3,(H,20,21);1H. The minimum atomic E-state index is 0. The van der Waals surface area contributed by atoms with Gasteiger partial charge in [-0.1, -0.05) is 19.3 Å². The van der Waals surface area contributed by atoms with E-state index in [1.807, 2.05) is 11.8 Å². The Balaban J connectivity index is 0.00000225. The van der Waals surface area contributed by atoms with Crippen molar-refractivity contribution in [2.24, 2.45) is 10.4 Å². The van der Waals surface area contributed by atoms with Crippen LogP contribution in [0.4, 0.5) is 0 Å². The maximum absolute atomic E-state index is 5.57. The molecule has 4 nitrogen and oxygen atoms in total. The van der Waals surface area contributed by atoms with Crippen molar-refractivity contribution in [3.63, 3.8) is 0 Å². The van der Waals surface area contributed by atoms with E-state index in [0.29, 0.717) is 5.41 Å². The molecule has 2 aliphatic heterocycles. The summed E-state index contributed by atoms with van der Waals surface area (Å²) in [5.41, 5.74) is 0.588. The number of hydrogen-bond donors (Lipinski definition) is 1. The Bertz CT molecular complexity index is 434. The lowest BCUT2D eigenvalue weighted by Gasteiger charge is -2.35. The zero-order chi connectivity index (χ0) is 16.9. The van der Waals surface area contributed by atoms with Crippen LogP contribution in [0.5, 0.6) is 0 Å². The first kappa shape index (κ1) is 21.6. The molecule has 0 unspecified atom stereocenters. The highest BCUT2D eigenvalue weighted by molar-refractivity contribution is 14.0. The molecule has 1 N–H and O–H groups in total. The van der Waals surface area contributed by atoms with Crippen molar-refractivity contribution in [2.75, 3.05) is 45.6 Å². The van der Waals surface area contributed by atoms with Gasteiger partial charge in [0.2, 0.25) is 0 Å². The van der Waals surface area contributed by atoms with Crippen molar-refractivity contribution in [3.8, 4) is 0 Å². The van der Waals surface area contributed by atoms with Crippen LogP contribution in [0.1, 0.15) is 58.3 Å². The van der Waals surface area contributed by atoms with E-state index in [2.05, 4.69) is 23.4 Å². The van der Waals surface area contributed by atoms with E-state index >= 15 is 0 Å². The van der Waals surface area contributed by atoms with Gasteiger partial charge in [0.15, 0.2) is 5.96 Å². The number of nitrogens with one attached hydrogen (secondary N) is 1. The molecule has 0 aromatic rings. The van der Waals surface area contributed by atoms with Crippen LogP contribution in [0.25, 0.3) is 0 Å². The zero-order valence-electron chi connectivity index (χ0n) is 16.0. The van der Waals surface area contributed by atoms with Gasteiger partial charge in [-0.3, -0.25) is 4.99 Å². The maximum atomic E-state index is 5.57. The molecule has 1 saturated carbocycles. The van der Waals surface area contributed by atoms with E-state index in [0.717, 1.165) is 45.1 Å². The van der Waals surface area contributed by atoms with Crippen molar-refractivity contribution in [1.29, 1.82) is 0 Å². The van der Waals surface area contributed by atoms with Crippen LogP contribution in [-0.4, -0.2) is 61.3 Å². The number of nitrogens with zero attached hydrogens (tertiary/aromatic N) is 2. The number of guanidine groups is 1. The number of aliphatic imine (C=N–C) groups is 1. The Morgan fingerprint density at radius 3 is 2.48 bits per heavy atom. The predicted molar refractivity (Wildman–Crippen MR) is 119 cm³/mol. The monoisotopic (exact) mass is 481 g/mol. The maximum Gasteiger partial charge on any atom is 0.193 e. The average Bonchev–Trinajstić information content (AvgIpc) is 3.03. The summed E-state index contributed by atoms with van der Waals surface area (Å²) in [7, 11) is 0. The molecule has 0 aromatic carbocycles. The Kier molecular flexibility index (Phi) is 8.66. The van der Waals surface area contributed by atoms with Gasteiger partial charge in [0.05, 0.1) is 6.54 Å². The molecule has 146 valence electrons. The normalized spacial score (nSPS) is 25.7. The van der Waals surface area contributed by atoms with Crippen molar-refractivity contribution < 1.29 is 4.74 Å².